The number of aromatic nitrogens is 3. The van der Waals surface area contributed by atoms with Crippen molar-refractivity contribution in [2.24, 2.45) is 0 Å². The predicted octanol–water partition coefficient (Wildman–Crippen LogP) is 6.01. The van der Waals surface area contributed by atoms with Crippen LogP contribution in [0.25, 0.3) is 11.1 Å². The summed E-state index contributed by atoms with van der Waals surface area (Å²) in [4.78, 5) is 4.11. The van der Waals surface area contributed by atoms with Crippen LogP contribution in [0, 0.1) is 0 Å². The minimum Gasteiger partial charge on any atom is -0.457 e. The van der Waals surface area contributed by atoms with Gasteiger partial charge in [-0.2, -0.15) is 5.10 Å². The molecule has 6 nitrogen and oxygen atoms in total. The Kier molecular flexibility index (Phi) is 6.10. The van der Waals surface area contributed by atoms with Crippen molar-refractivity contribution < 1.29 is 14.2 Å². The van der Waals surface area contributed by atoms with Gasteiger partial charge in [-0.1, -0.05) is 47.5 Å². The second-order valence-corrected chi connectivity index (χ2v) is 8.06. The van der Waals surface area contributed by atoms with Gasteiger partial charge in [0, 0.05) is 16.7 Å². The Hall–Kier alpha value is -2.90. The van der Waals surface area contributed by atoms with Gasteiger partial charge in [0.2, 0.25) is 0 Å². The quantitative estimate of drug-likeness (QED) is 0.347. The number of nitrogens with zero attached hydrogens (tertiary/aromatic N) is 3. The Morgan fingerprint density at radius 3 is 2.38 bits per heavy atom. The highest BCUT2D eigenvalue weighted by molar-refractivity contribution is 6.33. The van der Waals surface area contributed by atoms with Crippen LogP contribution in [0.4, 0.5) is 0 Å². The number of halogens is 2. The highest BCUT2D eigenvalue weighted by Crippen LogP contribution is 2.39. The predicted molar refractivity (Wildman–Crippen MR) is 122 cm³/mol. The molecule has 162 valence electrons. The first-order valence-electron chi connectivity index (χ1n) is 10.1. The molecule has 32 heavy (non-hydrogen) atoms. The van der Waals surface area contributed by atoms with E-state index in [2.05, 4.69) is 10.1 Å². The molecular formula is C24H19Cl2N3O3. The maximum Gasteiger partial charge on any atom is 0.184 e. The third kappa shape index (κ3) is 4.36. The molecule has 1 aliphatic heterocycles. The van der Waals surface area contributed by atoms with Gasteiger partial charge in [-0.05, 0) is 47.5 Å². The molecule has 1 unspecified atom stereocenters. The van der Waals surface area contributed by atoms with Crippen LogP contribution in [-0.4, -0.2) is 34.3 Å². The Labute approximate surface area is 195 Å². The third-order valence-corrected chi connectivity index (χ3v) is 5.75. The molecule has 0 bridgehead atoms. The maximum absolute atomic E-state index is 6.72. The van der Waals surface area contributed by atoms with Gasteiger partial charge in [-0.25, -0.2) is 9.67 Å². The Morgan fingerprint density at radius 2 is 1.66 bits per heavy atom. The summed E-state index contributed by atoms with van der Waals surface area (Å²) in [6, 6.07) is 20.5. The first-order valence-corrected chi connectivity index (χ1v) is 10.8. The molecule has 8 heteroatoms. The van der Waals surface area contributed by atoms with Crippen molar-refractivity contribution in [3.8, 4) is 22.6 Å². The van der Waals surface area contributed by atoms with Crippen LogP contribution in [0.5, 0.6) is 11.5 Å². The molecule has 0 radical (unpaired) electrons. The van der Waals surface area contributed by atoms with Gasteiger partial charge >= 0.3 is 0 Å². The van der Waals surface area contributed by atoms with Gasteiger partial charge in [-0.3, -0.25) is 0 Å². The molecule has 5 rings (SSSR count). The lowest BCUT2D eigenvalue weighted by molar-refractivity contribution is -0.0699. The largest absolute Gasteiger partial charge is 0.457 e. The molecule has 0 amide bonds. The molecule has 1 fully saturated rings. The van der Waals surface area contributed by atoms with Crippen LogP contribution >= 0.6 is 23.2 Å². The van der Waals surface area contributed by atoms with Gasteiger partial charge in [0.15, 0.2) is 6.29 Å². The molecule has 0 spiro atoms. The topological polar surface area (TPSA) is 58.4 Å². The Morgan fingerprint density at radius 1 is 0.906 bits per heavy atom. The minimum atomic E-state index is -0.468. The normalized spacial score (nSPS) is 15.1. The van der Waals surface area contributed by atoms with E-state index in [1.807, 2.05) is 48.5 Å². The molecule has 1 aromatic heterocycles. The zero-order chi connectivity index (χ0) is 21.9. The molecule has 2 heterocycles. The second kappa shape index (κ2) is 9.30. The lowest BCUT2D eigenvalue weighted by Crippen LogP contribution is -2.27. The lowest BCUT2D eigenvalue weighted by Gasteiger charge is -2.25. The monoisotopic (exact) mass is 467 g/mol. The van der Waals surface area contributed by atoms with Gasteiger partial charge in [-0.15, -0.1) is 0 Å². The van der Waals surface area contributed by atoms with Gasteiger partial charge < -0.3 is 14.2 Å². The zero-order valence-electron chi connectivity index (χ0n) is 16.9. The van der Waals surface area contributed by atoms with Crippen LogP contribution in [0.15, 0.2) is 79.4 Å². The van der Waals surface area contributed by atoms with E-state index in [4.69, 9.17) is 37.4 Å². The van der Waals surface area contributed by atoms with Crippen molar-refractivity contribution in [1.82, 2.24) is 14.8 Å². The maximum atomic E-state index is 6.72. The SMILES string of the molecule is Clc1ccc(Oc2ccc(-c3ccccc3C(C3OCCO3)n3cncn3)c(Cl)c2)cc1. The van der Waals surface area contributed by atoms with E-state index in [0.717, 1.165) is 16.7 Å². The van der Waals surface area contributed by atoms with Crippen LogP contribution in [0.2, 0.25) is 10.0 Å². The summed E-state index contributed by atoms with van der Waals surface area (Å²) in [5.41, 5.74) is 2.79. The summed E-state index contributed by atoms with van der Waals surface area (Å²) < 4.78 is 19.3. The average Bonchev–Trinajstić information content (AvgIpc) is 3.52. The highest BCUT2D eigenvalue weighted by atomic mass is 35.5. The standard InChI is InChI=1S/C24H19Cl2N3O3/c25-16-5-7-17(8-6-16)32-18-9-10-20(22(26)13-18)19-3-1-2-4-21(19)23(24-30-11-12-31-24)29-15-27-14-28-29/h1-10,13-15,23-24H,11-12H2. The van der Waals surface area contributed by atoms with Crippen molar-refractivity contribution in [3.63, 3.8) is 0 Å². The summed E-state index contributed by atoms with van der Waals surface area (Å²) in [5.74, 6) is 1.31. The van der Waals surface area contributed by atoms with Crippen LogP contribution < -0.4 is 4.74 Å². The Balaban J connectivity index is 1.51. The highest BCUT2D eigenvalue weighted by Gasteiger charge is 2.32. The lowest BCUT2D eigenvalue weighted by atomic mass is 9.94. The fourth-order valence-corrected chi connectivity index (χ4v) is 4.15. The van der Waals surface area contributed by atoms with Crippen molar-refractivity contribution >= 4 is 23.2 Å². The van der Waals surface area contributed by atoms with E-state index in [0.29, 0.717) is 34.8 Å². The van der Waals surface area contributed by atoms with E-state index in [-0.39, 0.29) is 6.04 Å². The van der Waals surface area contributed by atoms with Crippen LogP contribution in [0.3, 0.4) is 0 Å². The number of rotatable bonds is 6. The van der Waals surface area contributed by atoms with E-state index < -0.39 is 6.29 Å². The van der Waals surface area contributed by atoms with E-state index in [1.165, 1.54) is 6.33 Å². The fourth-order valence-electron chi connectivity index (χ4n) is 3.75. The van der Waals surface area contributed by atoms with E-state index >= 15 is 0 Å². The zero-order valence-corrected chi connectivity index (χ0v) is 18.4. The van der Waals surface area contributed by atoms with Crippen molar-refractivity contribution in [3.05, 3.63) is 95.0 Å². The molecule has 4 aromatic rings. The van der Waals surface area contributed by atoms with E-state index in [9.17, 15) is 0 Å². The number of ether oxygens (including phenoxy) is 3. The smallest absolute Gasteiger partial charge is 0.184 e. The molecule has 3 aromatic carbocycles. The third-order valence-electron chi connectivity index (χ3n) is 5.19. The molecule has 0 aliphatic carbocycles. The Bertz CT molecular complexity index is 1190. The van der Waals surface area contributed by atoms with Crippen LogP contribution in [-0.2, 0) is 9.47 Å². The van der Waals surface area contributed by atoms with Crippen LogP contribution in [0.1, 0.15) is 11.6 Å². The first-order chi connectivity index (χ1) is 15.7. The molecule has 1 saturated heterocycles. The second-order valence-electron chi connectivity index (χ2n) is 7.22. The van der Waals surface area contributed by atoms with Crippen molar-refractivity contribution in [1.29, 1.82) is 0 Å². The summed E-state index contributed by atoms with van der Waals surface area (Å²) in [5, 5.41) is 5.56. The first kappa shape index (κ1) is 21.0. The molecule has 1 atom stereocenters. The number of hydrogen-bond acceptors (Lipinski definition) is 5. The summed E-state index contributed by atoms with van der Waals surface area (Å²) in [6.07, 6.45) is 2.70. The molecule has 0 N–H and O–H groups in total. The van der Waals surface area contributed by atoms with E-state index in [1.54, 1.807) is 29.2 Å². The number of hydrogen-bond donors (Lipinski definition) is 0. The van der Waals surface area contributed by atoms with Gasteiger partial charge in [0.05, 0.1) is 18.2 Å². The summed E-state index contributed by atoms with van der Waals surface area (Å²) in [6.45, 7) is 1.07. The molecule has 1 aliphatic rings. The molecular weight excluding hydrogens is 449 g/mol. The van der Waals surface area contributed by atoms with Crippen molar-refractivity contribution in [2.75, 3.05) is 13.2 Å². The molecule has 0 saturated carbocycles. The number of benzene rings is 3. The summed E-state index contributed by atoms with van der Waals surface area (Å²) in [7, 11) is 0. The van der Waals surface area contributed by atoms with Crippen molar-refractivity contribution in [2.45, 2.75) is 12.3 Å². The van der Waals surface area contributed by atoms with Gasteiger partial charge in [0.1, 0.15) is 30.2 Å². The summed E-state index contributed by atoms with van der Waals surface area (Å²) >= 11 is 12.7. The minimum absolute atomic E-state index is 0.308. The fraction of sp³-hybridized carbons (Fsp3) is 0.167. The van der Waals surface area contributed by atoms with Gasteiger partial charge in [0.25, 0.3) is 0 Å². The average molecular weight is 468 g/mol.